The van der Waals surface area contributed by atoms with E-state index < -0.39 is 24.1 Å². The number of rotatable bonds is 9. The van der Waals surface area contributed by atoms with Crippen molar-refractivity contribution in [3.8, 4) is 0 Å². The number of amides is 8. The number of benzene rings is 2. The molecule has 2 aromatic rings. The Kier molecular flexibility index (Phi) is 11.5. The molecule has 6 N–H and O–H groups in total. The Labute approximate surface area is 207 Å². The molecule has 34 heavy (non-hydrogen) atoms. The quantitative estimate of drug-likeness (QED) is 0.267. The summed E-state index contributed by atoms with van der Waals surface area (Å²) in [7, 11) is 0. The Bertz CT molecular complexity index is 891. The lowest BCUT2D eigenvalue weighted by Crippen LogP contribution is -2.42. The fraction of sp³-hybridized carbons (Fsp3) is 0.273. The summed E-state index contributed by atoms with van der Waals surface area (Å²) in [6, 6.07) is 10.5. The second-order valence-corrected chi connectivity index (χ2v) is 7.97. The second kappa shape index (κ2) is 14.6. The van der Waals surface area contributed by atoms with Crippen molar-refractivity contribution in [2.75, 3.05) is 23.7 Å². The standard InChI is InChI=1S/C22H26Cl2N6O4/c23-15-5-9-17(10-6-15)27-21(33)29-19(31)25-13-3-1-2-4-14-26-20(32)30-22(34)28-18-11-7-16(24)8-12-18/h5-12H,1-4,13-14H2,(H3,25,27,29,31,33)(H3,26,28,30,32,34). The van der Waals surface area contributed by atoms with Crippen molar-refractivity contribution in [2.45, 2.75) is 25.7 Å². The minimum atomic E-state index is -0.647. The smallest absolute Gasteiger partial charge is 0.327 e. The van der Waals surface area contributed by atoms with Crippen LogP contribution >= 0.6 is 23.2 Å². The summed E-state index contributed by atoms with van der Waals surface area (Å²) < 4.78 is 0. The molecule has 8 amide bonds. The van der Waals surface area contributed by atoms with E-state index in [-0.39, 0.29) is 0 Å². The highest BCUT2D eigenvalue weighted by Crippen LogP contribution is 2.13. The number of carbonyl (C=O) groups is 4. The first kappa shape index (κ1) is 26.7. The van der Waals surface area contributed by atoms with E-state index in [9.17, 15) is 19.2 Å². The van der Waals surface area contributed by atoms with Crippen LogP contribution in [0.15, 0.2) is 48.5 Å². The highest BCUT2D eigenvalue weighted by Gasteiger charge is 2.08. The zero-order valence-electron chi connectivity index (χ0n) is 18.3. The number of hydrogen-bond donors (Lipinski definition) is 6. The first-order valence-electron chi connectivity index (χ1n) is 10.5. The average Bonchev–Trinajstić information content (AvgIpc) is 2.78. The van der Waals surface area contributed by atoms with E-state index in [1.165, 1.54) is 0 Å². The van der Waals surface area contributed by atoms with Gasteiger partial charge in [-0.05, 0) is 61.4 Å². The SMILES string of the molecule is O=C(NCCCCCCNC(=O)NC(=O)Nc1ccc(Cl)cc1)NC(=O)Nc1ccc(Cl)cc1. The molecule has 0 aliphatic carbocycles. The molecule has 0 atom stereocenters. The molecule has 0 aromatic heterocycles. The van der Waals surface area contributed by atoms with Gasteiger partial charge in [0.1, 0.15) is 0 Å². The molecule has 0 saturated heterocycles. The van der Waals surface area contributed by atoms with Crippen LogP contribution in [-0.4, -0.2) is 37.2 Å². The minimum absolute atomic E-state index is 0.402. The molecule has 182 valence electrons. The third-order valence-corrected chi connectivity index (χ3v) is 4.84. The van der Waals surface area contributed by atoms with Gasteiger partial charge in [-0.2, -0.15) is 0 Å². The molecular weight excluding hydrogens is 483 g/mol. The molecule has 0 radical (unpaired) electrons. The fourth-order valence-corrected chi connectivity index (χ4v) is 2.95. The molecular formula is C22H26Cl2N6O4. The van der Waals surface area contributed by atoms with Crippen LogP contribution in [0.25, 0.3) is 0 Å². The third kappa shape index (κ3) is 11.4. The van der Waals surface area contributed by atoms with Crippen LogP contribution in [0.3, 0.4) is 0 Å². The van der Waals surface area contributed by atoms with Crippen molar-refractivity contribution in [2.24, 2.45) is 0 Å². The summed E-state index contributed by atoms with van der Waals surface area (Å²) in [6.45, 7) is 0.803. The number of hydrogen-bond acceptors (Lipinski definition) is 4. The summed E-state index contributed by atoms with van der Waals surface area (Å²) in [5.74, 6) is 0. The molecule has 12 heteroatoms. The van der Waals surface area contributed by atoms with E-state index >= 15 is 0 Å². The Balaban J connectivity index is 1.45. The monoisotopic (exact) mass is 508 g/mol. The normalized spacial score (nSPS) is 10.1. The Morgan fingerprint density at radius 3 is 1.24 bits per heavy atom. The summed E-state index contributed by atoms with van der Waals surface area (Å²) in [6.07, 6.45) is 3.05. The summed E-state index contributed by atoms with van der Waals surface area (Å²) in [5.41, 5.74) is 1.03. The molecule has 10 nitrogen and oxygen atoms in total. The first-order valence-corrected chi connectivity index (χ1v) is 11.3. The third-order valence-electron chi connectivity index (χ3n) is 4.33. The highest BCUT2D eigenvalue weighted by atomic mass is 35.5. The van der Waals surface area contributed by atoms with Crippen LogP contribution in [0.2, 0.25) is 10.0 Å². The van der Waals surface area contributed by atoms with Crippen LogP contribution < -0.4 is 31.9 Å². The first-order chi connectivity index (χ1) is 16.3. The van der Waals surface area contributed by atoms with Crippen LogP contribution in [0.5, 0.6) is 0 Å². The summed E-state index contributed by atoms with van der Waals surface area (Å²) in [4.78, 5) is 47.0. The van der Waals surface area contributed by atoms with Crippen molar-refractivity contribution in [3.63, 3.8) is 0 Å². The van der Waals surface area contributed by atoms with E-state index in [4.69, 9.17) is 23.2 Å². The highest BCUT2D eigenvalue weighted by molar-refractivity contribution is 6.31. The van der Waals surface area contributed by atoms with E-state index in [0.29, 0.717) is 47.4 Å². The van der Waals surface area contributed by atoms with Crippen molar-refractivity contribution in [3.05, 3.63) is 58.6 Å². The van der Waals surface area contributed by atoms with Gasteiger partial charge in [-0.15, -0.1) is 0 Å². The second-order valence-electron chi connectivity index (χ2n) is 7.10. The van der Waals surface area contributed by atoms with Gasteiger partial charge in [0.15, 0.2) is 0 Å². The lowest BCUT2D eigenvalue weighted by molar-refractivity contribution is 0.231. The molecule has 0 fully saturated rings. The maximum Gasteiger partial charge on any atom is 0.327 e. The molecule has 0 saturated carbocycles. The van der Waals surface area contributed by atoms with Gasteiger partial charge >= 0.3 is 24.1 Å². The van der Waals surface area contributed by atoms with Crippen LogP contribution in [0.4, 0.5) is 30.6 Å². The van der Waals surface area contributed by atoms with Gasteiger partial charge < -0.3 is 21.3 Å². The van der Waals surface area contributed by atoms with Crippen molar-refractivity contribution in [1.82, 2.24) is 21.3 Å². The van der Waals surface area contributed by atoms with Crippen LogP contribution in [-0.2, 0) is 0 Å². The average molecular weight is 509 g/mol. The van der Waals surface area contributed by atoms with Crippen molar-refractivity contribution >= 4 is 58.7 Å². The maximum absolute atomic E-state index is 11.8. The van der Waals surface area contributed by atoms with E-state index in [0.717, 1.165) is 12.8 Å². The Morgan fingerprint density at radius 2 is 0.882 bits per heavy atom. The number of unbranched alkanes of at least 4 members (excludes halogenated alkanes) is 3. The zero-order valence-corrected chi connectivity index (χ0v) is 19.8. The molecule has 0 bridgehead atoms. The molecule has 0 heterocycles. The van der Waals surface area contributed by atoms with Crippen LogP contribution in [0, 0.1) is 0 Å². The van der Waals surface area contributed by atoms with Gasteiger partial charge in [-0.25, -0.2) is 19.2 Å². The molecule has 0 spiro atoms. The van der Waals surface area contributed by atoms with Gasteiger partial charge in [0.05, 0.1) is 0 Å². The van der Waals surface area contributed by atoms with Gasteiger partial charge in [0.25, 0.3) is 0 Å². The molecule has 2 aromatic carbocycles. The zero-order chi connectivity index (χ0) is 24.8. The molecule has 0 unspecified atom stereocenters. The number of urea groups is 4. The van der Waals surface area contributed by atoms with E-state index in [1.807, 2.05) is 0 Å². The van der Waals surface area contributed by atoms with Crippen molar-refractivity contribution < 1.29 is 19.2 Å². The number of anilines is 2. The predicted molar refractivity (Wildman–Crippen MR) is 132 cm³/mol. The van der Waals surface area contributed by atoms with Gasteiger partial charge in [0.2, 0.25) is 0 Å². The minimum Gasteiger partial charge on any atom is -0.338 e. The largest absolute Gasteiger partial charge is 0.338 e. The van der Waals surface area contributed by atoms with E-state index in [2.05, 4.69) is 31.9 Å². The lowest BCUT2D eigenvalue weighted by Gasteiger charge is -2.09. The van der Waals surface area contributed by atoms with Gasteiger partial charge in [-0.3, -0.25) is 10.6 Å². The predicted octanol–water partition coefficient (Wildman–Crippen LogP) is 4.92. The number of halogens is 2. The summed E-state index contributed by atoms with van der Waals surface area (Å²) >= 11 is 11.5. The Morgan fingerprint density at radius 1 is 0.529 bits per heavy atom. The maximum atomic E-state index is 11.8. The van der Waals surface area contributed by atoms with Crippen molar-refractivity contribution in [1.29, 1.82) is 0 Å². The molecule has 0 aliphatic rings. The van der Waals surface area contributed by atoms with Crippen LogP contribution in [0.1, 0.15) is 25.7 Å². The van der Waals surface area contributed by atoms with E-state index in [1.54, 1.807) is 48.5 Å². The fourth-order valence-electron chi connectivity index (χ4n) is 2.69. The van der Waals surface area contributed by atoms with Gasteiger partial charge in [0, 0.05) is 34.5 Å². The molecule has 2 rings (SSSR count). The van der Waals surface area contributed by atoms with Gasteiger partial charge in [-0.1, -0.05) is 36.0 Å². The molecule has 0 aliphatic heterocycles. The number of imide groups is 2. The Hall–Kier alpha value is -3.50. The number of carbonyl (C=O) groups excluding carboxylic acids is 4. The summed E-state index contributed by atoms with van der Waals surface area (Å²) in [5, 5.41) is 15.7. The number of nitrogens with one attached hydrogen (secondary N) is 6. The lowest BCUT2D eigenvalue weighted by atomic mass is 10.2. The topological polar surface area (TPSA) is 140 Å².